The van der Waals surface area contributed by atoms with Gasteiger partial charge in [-0.25, -0.2) is 4.98 Å². The van der Waals surface area contributed by atoms with Crippen molar-refractivity contribution >= 4 is 22.9 Å². The van der Waals surface area contributed by atoms with Gasteiger partial charge in [-0.1, -0.05) is 0 Å². The molecule has 0 aliphatic rings. The second kappa shape index (κ2) is 8.12. The maximum Gasteiger partial charge on any atom is 0.119 e. The second-order valence-electron chi connectivity index (χ2n) is 4.22. The number of nitrogens with zero attached hydrogens (tertiary/aromatic N) is 1. The van der Waals surface area contributed by atoms with E-state index in [9.17, 15) is 0 Å². The zero-order chi connectivity index (χ0) is 14.2. The van der Waals surface area contributed by atoms with Crippen molar-refractivity contribution < 1.29 is 9.47 Å². The first-order valence-electron chi connectivity index (χ1n) is 6.66. The quantitative estimate of drug-likeness (QED) is 0.538. The van der Waals surface area contributed by atoms with Crippen molar-refractivity contribution in [2.24, 2.45) is 0 Å². The Morgan fingerprint density at radius 2 is 1.85 bits per heavy atom. The zero-order valence-corrected chi connectivity index (χ0v) is 13.0. The van der Waals surface area contributed by atoms with Crippen LogP contribution in [0.1, 0.15) is 24.0 Å². The van der Waals surface area contributed by atoms with Gasteiger partial charge in [0.1, 0.15) is 11.5 Å². The lowest BCUT2D eigenvalue weighted by molar-refractivity contribution is 0.308. The van der Waals surface area contributed by atoms with Crippen molar-refractivity contribution in [1.82, 2.24) is 4.98 Å². The van der Waals surface area contributed by atoms with Gasteiger partial charge in [-0.05, 0) is 37.6 Å². The molecule has 3 nitrogen and oxygen atoms in total. The van der Waals surface area contributed by atoms with Gasteiger partial charge in [-0.2, -0.15) is 0 Å². The third kappa shape index (κ3) is 4.69. The summed E-state index contributed by atoms with van der Waals surface area (Å²) in [6.07, 6.45) is 1.88. The highest BCUT2D eigenvalue weighted by molar-refractivity contribution is 7.09. The number of aromatic nitrogens is 1. The van der Waals surface area contributed by atoms with Crippen LogP contribution in [-0.4, -0.2) is 18.2 Å². The van der Waals surface area contributed by atoms with Crippen LogP contribution in [0.4, 0.5) is 0 Å². The fourth-order valence-electron chi connectivity index (χ4n) is 1.74. The van der Waals surface area contributed by atoms with Gasteiger partial charge in [0.25, 0.3) is 0 Å². The fourth-order valence-corrected chi connectivity index (χ4v) is 2.81. The summed E-state index contributed by atoms with van der Waals surface area (Å²) in [5.41, 5.74) is 0.957. The molecule has 0 N–H and O–H groups in total. The minimum absolute atomic E-state index is 0.485. The van der Waals surface area contributed by atoms with Crippen LogP contribution in [0.3, 0.4) is 0 Å². The summed E-state index contributed by atoms with van der Waals surface area (Å²) < 4.78 is 11.1. The number of benzene rings is 1. The molecule has 1 aromatic carbocycles. The molecule has 1 heterocycles. The average molecular weight is 312 g/mol. The molecule has 0 saturated heterocycles. The molecule has 0 spiro atoms. The molecule has 0 atom stereocenters. The molecule has 2 aromatic rings. The molecule has 0 saturated carbocycles. The summed E-state index contributed by atoms with van der Waals surface area (Å²) in [6.45, 7) is 3.33. The SMILES string of the molecule is CCOc1ccc(OCCCc2nc(CCl)cs2)cc1. The van der Waals surface area contributed by atoms with Crippen LogP contribution in [0.25, 0.3) is 0 Å². The topological polar surface area (TPSA) is 31.4 Å². The molecule has 0 aliphatic carbocycles. The maximum atomic E-state index is 5.73. The smallest absolute Gasteiger partial charge is 0.119 e. The van der Waals surface area contributed by atoms with Gasteiger partial charge in [0, 0.05) is 11.8 Å². The van der Waals surface area contributed by atoms with Crippen LogP contribution >= 0.6 is 22.9 Å². The Balaban J connectivity index is 1.70. The van der Waals surface area contributed by atoms with Crippen molar-refractivity contribution in [2.45, 2.75) is 25.6 Å². The summed E-state index contributed by atoms with van der Waals surface area (Å²) >= 11 is 7.39. The molecule has 5 heteroatoms. The molecule has 0 unspecified atom stereocenters. The van der Waals surface area contributed by atoms with Crippen molar-refractivity contribution in [3.05, 3.63) is 40.3 Å². The lowest BCUT2D eigenvalue weighted by Gasteiger charge is -2.07. The molecule has 0 amide bonds. The highest BCUT2D eigenvalue weighted by Gasteiger charge is 2.01. The third-order valence-electron chi connectivity index (χ3n) is 2.67. The van der Waals surface area contributed by atoms with Gasteiger partial charge in [0.05, 0.1) is 29.8 Å². The van der Waals surface area contributed by atoms with Crippen molar-refractivity contribution in [3.8, 4) is 11.5 Å². The first-order valence-corrected chi connectivity index (χ1v) is 8.08. The monoisotopic (exact) mass is 311 g/mol. The lowest BCUT2D eigenvalue weighted by Crippen LogP contribution is -1.99. The van der Waals surface area contributed by atoms with Crippen LogP contribution in [0.5, 0.6) is 11.5 Å². The first kappa shape index (κ1) is 15.1. The lowest BCUT2D eigenvalue weighted by atomic mass is 10.3. The number of hydrogen-bond donors (Lipinski definition) is 0. The Kier molecular flexibility index (Phi) is 6.15. The number of alkyl halides is 1. The van der Waals surface area contributed by atoms with E-state index in [1.165, 1.54) is 0 Å². The summed E-state index contributed by atoms with van der Waals surface area (Å²) in [5.74, 6) is 2.23. The van der Waals surface area contributed by atoms with E-state index < -0.39 is 0 Å². The average Bonchev–Trinajstić information content (AvgIpc) is 2.94. The summed E-state index contributed by atoms with van der Waals surface area (Å²) in [6, 6.07) is 7.71. The van der Waals surface area contributed by atoms with E-state index in [1.54, 1.807) is 11.3 Å². The highest BCUT2D eigenvalue weighted by Crippen LogP contribution is 2.18. The molecule has 1 aromatic heterocycles. The van der Waals surface area contributed by atoms with E-state index in [0.717, 1.165) is 35.0 Å². The van der Waals surface area contributed by atoms with E-state index in [2.05, 4.69) is 4.98 Å². The molecule has 0 radical (unpaired) electrons. The standard InChI is InChI=1S/C15H18ClNO2S/c1-2-18-13-5-7-14(8-6-13)19-9-3-4-15-17-12(10-16)11-20-15/h5-8,11H,2-4,9-10H2,1H3. The highest BCUT2D eigenvalue weighted by atomic mass is 35.5. The maximum absolute atomic E-state index is 5.73. The van der Waals surface area contributed by atoms with E-state index in [0.29, 0.717) is 19.1 Å². The van der Waals surface area contributed by atoms with Crippen molar-refractivity contribution in [3.63, 3.8) is 0 Å². The normalized spacial score (nSPS) is 10.5. The molecular formula is C15H18ClNO2S. The summed E-state index contributed by atoms with van der Waals surface area (Å²) in [4.78, 5) is 4.42. The fraction of sp³-hybridized carbons (Fsp3) is 0.400. The minimum atomic E-state index is 0.485. The predicted molar refractivity (Wildman–Crippen MR) is 83.1 cm³/mol. The number of hydrogen-bond acceptors (Lipinski definition) is 4. The summed E-state index contributed by atoms with van der Waals surface area (Å²) in [7, 11) is 0. The van der Waals surface area contributed by atoms with Crippen LogP contribution < -0.4 is 9.47 Å². The van der Waals surface area contributed by atoms with Gasteiger partial charge in [-0.3, -0.25) is 0 Å². The zero-order valence-electron chi connectivity index (χ0n) is 11.5. The predicted octanol–water partition coefficient (Wildman–Crippen LogP) is 4.29. The van der Waals surface area contributed by atoms with Crippen LogP contribution in [0, 0.1) is 0 Å². The van der Waals surface area contributed by atoms with Gasteiger partial charge in [0.2, 0.25) is 0 Å². The molecule has 2 rings (SSSR count). The van der Waals surface area contributed by atoms with Crippen LogP contribution in [0.2, 0.25) is 0 Å². The second-order valence-corrected chi connectivity index (χ2v) is 5.43. The molecule has 0 fully saturated rings. The number of aryl methyl sites for hydroxylation is 1. The molecular weight excluding hydrogens is 294 g/mol. The van der Waals surface area contributed by atoms with Crippen LogP contribution in [-0.2, 0) is 12.3 Å². The first-order chi connectivity index (χ1) is 9.81. The van der Waals surface area contributed by atoms with Crippen LogP contribution in [0.15, 0.2) is 29.6 Å². The third-order valence-corrected chi connectivity index (χ3v) is 3.91. The van der Waals surface area contributed by atoms with Gasteiger partial charge < -0.3 is 9.47 Å². The largest absolute Gasteiger partial charge is 0.494 e. The van der Waals surface area contributed by atoms with E-state index in [-0.39, 0.29) is 0 Å². The minimum Gasteiger partial charge on any atom is -0.494 e. The Hall–Kier alpha value is -1.26. The van der Waals surface area contributed by atoms with Gasteiger partial charge in [-0.15, -0.1) is 22.9 Å². The van der Waals surface area contributed by atoms with Crippen molar-refractivity contribution in [2.75, 3.05) is 13.2 Å². The van der Waals surface area contributed by atoms with E-state index >= 15 is 0 Å². The Bertz CT molecular complexity index is 513. The molecule has 108 valence electrons. The number of thiazole rings is 1. The number of rotatable bonds is 8. The number of ether oxygens (including phenoxy) is 2. The van der Waals surface area contributed by atoms with E-state index in [1.807, 2.05) is 36.6 Å². The van der Waals surface area contributed by atoms with Gasteiger partial charge in [0.15, 0.2) is 0 Å². The summed E-state index contributed by atoms with van der Waals surface area (Å²) in [5, 5.41) is 3.13. The molecule has 20 heavy (non-hydrogen) atoms. The van der Waals surface area contributed by atoms with Crippen molar-refractivity contribution in [1.29, 1.82) is 0 Å². The van der Waals surface area contributed by atoms with Gasteiger partial charge >= 0.3 is 0 Å². The van der Waals surface area contributed by atoms with E-state index in [4.69, 9.17) is 21.1 Å². The Labute approximate surface area is 128 Å². The molecule has 0 aliphatic heterocycles. The Morgan fingerprint density at radius 3 is 2.45 bits per heavy atom. The molecule has 0 bridgehead atoms. The number of halogens is 1. The Morgan fingerprint density at radius 1 is 1.15 bits per heavy atom.